The average Bonchev–Trinajstić information content (AvgIpc) is 3.03. The summed E-state index contributed by atoms with van der Waals surface area (Å²) in [6.45, 7) is 0.947. The molecule has 2 rings (SSSR count). The Bertz CT molecular complexity index is 589. The van der Waals surface area contributed by atoms with E-state index >= 15 is 0 Å². The molecular weight excluding hydrogens is 286 g/mol. The van der Waals surface area contributed by atoms with E-state index in [1.807, 2.05) is 23.6 Å². The van der Waals surface area contributed by atoms with Gasteiger partial charge in [-0.3, -0.25) is 9.59 Å². The number of hydrogen-bond acceptors (Lipinski definition) is 4. The van der Waals surface area contributed by atoms with Gasteiger partial charge in [0.1, 0.15) is 5.69 Å². The number of nitrogens with zero attached hydrogens (tertiary/aromatic N) is 1. The molecule has 0 saturated carbocycles. The van der Waals surface area contributed by atoms with E-state index in [-0.39, 0.29) is 0 Å². The molecule has 0 aliphatic rings. The van der Waals surface area contributed by atoms with Crippen molar-refractivity contribution in [2.24, 2.45) is 0 Å². The normalized spacial score (nSPS) is 10.6. The van der Waals surface area contributed by atoms with E-state index in [4.69, 9.17) is 16.3 Å². The number of Topliss-reactive ketones (excluding diaryl/α,β-unsaturated/α-hetero) is 1. The van der Waals surface area contributed by atoms with Gasteiger partial charge in [0.25, 0.3) is 11.0 Å². The van der Waals surface area contributed by atoms with E-state index < -0.39 is 11.0 Å². The first-order valence-electron chi connectivity index (χ1n) is 5.61. The standard InChI is InChI=1S/C13H12ClNO3S/c1-18-7-6-15-5-4-9(10-3-2-8-19-10)11(15)12(16)13(14)17/h2-5,8H,6-7H2,1H3. The van der Waals surface area contributed by atoms with Crippen molar-refractivity contribution in [2.45, 2.75) is 6.54 Å². The van der Waals surface area contributed by atoms with Crippen LogP contribution >= 0.6 is 22.9 Å². The van der Waals surface area contributed by atoms with Gasteiger partial charge in [-0.05, 0) is 29.1 Å². The van der Waals surface area contributed by atoms with Gasteiger partial charge in [-0.1, -0.05) is 6.07 Å². The predicted octanol–water partition coefficient (Wildman–Crippen LogP) is 2.81. The first-order chi connectivity index (χ1) is 9.15. The number of rotatable bonds is 6. The van der Waals surface area contributed by atoms with Crippen LogP contribution in [0.4, 0.5) is 0 Å². The van der Waals surface area contributed by atoms with Crippen LogP contribution in [0.25, 0.3) is 10.4 Å². The minimum absolute atomic E-state index is 0.319. The van der Waals surface area contributed by atoms with Crippen LogP contribution in [0.15, 0.2) is 29.8 Å². The van der Waals surface area contributed by atoms with Gasteiger partial charge in [0, 0.05) is 30.3 Å². The molecule has 100 valence electrons. The second-order valence-electron chi connectivity index (χ2n) is 3.84. The second kappa shape index (κ2) is 6.14. The zero-order chi connectivity index (χ0) is 13.8. The molecule has 0 radical (unpaired) electrons. The lowest BCUT2D eigenvalue weighted by molar-refractivity contribution is -0.108. The van der Waals surface area contributed by atoms with Crippen molar-refractivity contribution in [3.05, 3.63) is 35.5 Å². The second-order valence-corrected chi connectivity index (χ2v) is 5.14. The quantitative estimate of drug-likeness (QED) is 0.468. The molecule has 0 bridgehead atoms. The largest absolute Gasteiger partial charge is 0.383 e. The molecule has 0 fully saturated rings. The number of halogens is 1. The Labute approximate surface area is 119 Å². The summed E-state index contributed by atoms with van der Waals surface area (Å²) in [6, 6.07) is 5.61. The number of ketones is 1. The van der Waals surface area contributed by atoms with Gasteiger partial charge < -0.3 is 9.30 Å². The number of thiophene rings is 1. The molecule has 0 aliphatic carbocycles. The van der Waals surface area contributed by atoms with Crippen molar-refractivity contribution in [1.29, 1.82) is 0 Å². The number of hydrogen-bond donors (Lipinski definition) is 0. The minimum atomic E-state index is -0.977. The van der Waals surface area contributed by atoms with Crippen LogP contribution in [-0.4, -0.2) is 29.3 Å². The fraction of sp³-hybridized carbons (Fsp3) is 0.231. The Morgan fingerprint density at radius 3 is 2.79 bits per heavy atom. The molecule has 0 unspecified atom stereocenters. The Kier molecular flexibility index (Phi) is 4.52. The Balaban J connectivity index is 2.47. The maximum absolute atomic E-state index is 12.0. The summed E-state index contributed by atoms with van der Waals surface area (Å²) in [5.74, 6) is -0.689. The van der Waals surface area contributed by atoms with Crippen molar-refractivity contribution >= 4 is 34.0 Å². The van der Waals surface area contributed by atoms with Crippen LogP contribution in [0.5, 0.6) is 0 Å². The third-order valence-electron chi connectivity index (χ3n) is 2.68. The molecule has 0 spiro atoms. The molecular formula is C13H12ClNO3S. The smallest absolute Gasteiger partial charge is 0.294 e. The maximum atomic E-state index is 12.0. The van der Waals surface area contributed by atoms with Gasteiger partial charge in [0.2, 0.25) is 0 Å². The SMILES string of the molecule is COCCn1ccc(-c2cccs2)c1C(=O)C(=O)Cl. The summed E-state index contributed by atoms with van der Waals surface area (Å²) in [6.07, 6.45) is 1.77. The predicted molar refractivity (Wildman–Crippen MR) is 74.8 cm³/mol. The van der Waals surface area contributed by atoms with Crippen LogP contribution in [0.1, 0.15) is 10.5 Å². The van der Waals surface area contributed by atoms with E-state index in [2.05, 4.69) is 0 Å². The average molecular weight is 298 g/mol. The first-order valence-corrected chi connectivity index (χ1v) is 6.87. The van der Waals surface area contributed by atoms with E-state index in [9.17, 15) is 9.59 Å². The van der Waals surface area contributed by atoms with E-state index in [1.165, 1.54) is 11.3 Å². The molecule has 2 heterocycles. The Morgan fingerprint density at radius 1 is 1.42 bits per heavy atom. The third kappa shape index (κ3) is 2.94. The van der Waals surface area contributed by atoms with Crippen molar-refractivity contribution in [3.8, 4) is 10.4 Å². The maximum Gasteiger partial charge on any atom is 0.294 e. The Hall–Kier alpha value is -1.43. The summed E-state index contributed by atoms with van der Waals surface area (Å²) in [7, 11) is 1.58. The molecule has 4 nitrogen and oxygen atoms in total. The number of carbonyl (C=O) groups is 2. The fourth-order valence-electron chi connectivity index (χ4n) is 1.83. The topological polar surface area (TPSA) is 48.3 Å². The highest BCUT2D eigenvalue weighted by molar-refractivity contribution is 7.13. The molecule has 2 aromatic heterocycles. The molecule has 0 atom stereocenters. The summed E-state index contributed by atoms with van der Waals surface area (Å²) < 4.78 is 6.69. The lowest BCUT2D eigenvalue weighted by Gasteiger charge is -2.07. The summed E-state index contributed by atoms with van der Waals surface area (Å²) in [4.78, 5) is 24.1. The van der Waals surface area contributed by atoms with Crippen LogP contribution in [0.2, 0.25) is 0 Å². The van der Waals surface area contributed by atoms with Crippen molar-refractivity contribution in [2.75, 3.05) is 13.7 Å². The van der Waals surface area contributed by atoms with Crippen molar-refractivity contribution in [1.82, 2.24) is 4.57 Å². The van der Waals surface area contributed by atoms with Crippen LogP contribution in [-0.2, 0) is 16.1 Å². The molecule has 0 aliphatic heterocycles. The van der Waals surface area contributed by atoms with Gasteiger partial charge in [0.15, 0.2) is 0 Å². The van der Waals surface area contributed by atoms with Crippen LogP contribution < -0.4 is 0 Å². The lowest BCUT2D eigenvalue weighted by Crippen LogP contribution is -2.16. The van der Waals surface area contributed by atoms with E-state index in [0.29, 0.717) is 18.8 Å². The lowest BCUT2D eigenvalue weighted by atomic mass is 10.1. The summed E-state index contributed by atoms with van der Waals surface area (Å²) in [5.41, 5.74) is 1.05. The highest BCUT2D eigenvalue weighted by Crippen LogP contribution is 2.29. The van der Waals surface area contributed by atoms with Crippen LogP contribution in [0, 0.1) is 0 Å². The monoisotopic (exact) mass is 297 g/mol. The molecule has 6 heteroatoms. The zero-order valence-corrected chi connectivity index (χ0v) is 11.8. The van der Waals surface area contributed by atoms with E-state index in [0.717, 1.165) is 10.4 Å². The molecule has 19 heavy (non-hydrogen) atoms. The first kappa shape index (κ1) is 14.0. The summed E-state index contributed by atoms with van der Waals surface area (Å²) >= 11 is 6.83. The number of carbonyl (C=O) groups excluding carboxylic acids is 2. The molecule has 2 aromatic rings. The van der Waals surface area contributed by atoms with Crippen LogP contribution in [0.3, 0.4) is 0 Å². The fourth-order valence-corrected chi connectivity index (χ4v) is 2.67. The van der Waals surface area contributed by atoms with Crippen molar-refractivity contribution < 1.29 is 14.3 Å². The Morgan fingerprint density at radius 2 is 2.21 bits per heavy atom. The van der Waals surface area contributed by atoms with Gasteiger partial charge in [0.05, 0.1) is 6.61 Å². The minimum Gasteiger partial charge on any atom is -0.383 e. The molecule has 0 amide bonds. The summed E-state index contributed by atoms with van der Waals surface area (Å²) in [5, 5.41) is 0.939. The molecule has 0 aromatic carbocycles. The van der Waals surface area contributed by atoms with Gasteiger partial charge in [-0.2, -0.15) is 0 Å². The van der Waals surface area contributed by atoms with Gasteiger partial charge >= 0.3 is 0 Å². The zero-order valence-electron chi connectivity index (χ0n) is 10.3. The molecule has 0 N–H and O–H groups in total. The highest BCUT2D eigenvalue weighted by Gasteiger charge is 2.23. The number of ether oxygens (including phenoxy) is 1. The van der Waals surface area contributed by atoms with Gasteiger partial charge in [-0.15, -0.1) is 11.3 Å². The van der Waals surface area contributed by atoms with E-state index in [1.54, 1.807) is 17.9 Å². The number of aromatic nitrogens is 1. The third-order valence-corrected chi connectivity index (χ3v) is 3.75. The van der Waals surface area contributed by atoms with Gasteiger partial charge in [-0.25, -0.2) is 0 Å². The number of methoxy groups -OCH3 is 1. The highest BCUT2D eigenvalue weighted by atomic mass is 35.5. The molecule has 0 saturated heterocycles. The van der Waals surface area contributed by atoms with Crippen molar-refractivity contribution in [3.63, 3.8) is 0 Å².